The lowest BCUT2D eigenvalue weighted by Crippen LogP contribution is -2.16. The maximum atomic E-state index is 6.08. The van der Waals surface area contributed by atoms with Gasteiger partial charge in [0.05, 0.1) is 10.6 Å². The summed E-state index contributed by atoms with van der Waals surface area (Å²) in [6, 6.07) is 0. The highest BCUT2D eigenvalue weighted by Crippen LogP contribution is 2.42. The van der Waals surface area contributed by atoms with Gasteiger partial charge in [0.2, 0.25) is 0 Å². The number of hydrogen-bond acceptors (Lipinski definition) is 6. The molecule has 0 unspecified atom stereocenters. The predicted octanol–water partition coefficient (Wildman–Crippen LogP) is 2.33. The van der Waals surface area contributed by atoms with Crippen molar-refractivity contribution in [2.75, 3.05) is 24.2 Å². The van der Waals surface area contributed by atoms with Crippen LogP contribution in [0.3, 0.4) is 0 Å². The first kappa shape index (κ1) is 11.5. The summed E-state index contributed by atoms with van der Waals surface area (Å²) in [7, 11) is 1.94. The largest absolute Gasteiger partial charge is 0.390 e. The number of aromatic nitrogens is 2. The van der Waals surface area contributed by atoms with E-state index in [-0.39, 0.29) is 0 Å². The molecular weight excluding hydrogens is 248 g/mol. The van der Waals surface area contributed by atoms with Crippen LogP contribution in [0.4, 0.5) is 10.9 Å². The van der Waals surface area contributed by atoms with E-state index in [1.807, 2.05) is 18.9 Å². The Labute approximate surface area is 110 Å². The molecule has 0 aromatic carbocycles. The van der Waals surface area contributed by atoms with Crippen LogP contribution in [0.15, 0.2) is 4.52 Å². The van der Waals surface area contributed by atoms with Gasteiger partial charge in [0.15, 0.2) is 0 Å². The maximum absolute atomic E-state index is 6.08. The molecule has 1 aliphatic rings. The van der Waals surface area contributed by atoms with E-state index < -0.39 is 0 Å². The van der Waals surface area contributed by atoms with Gasteiger partial charge in [0.1, 0.15) is 0 Å². The molecule has 96 valence electrons. The molecule has 0 saturated carbocycles. The average Bonchev–Trinajstić information content (AvgIpc) is 3.02. The standard InChI is InChI=1S/C12H16N4OS/c1-3-16(2)12-14-11(17-15-12)9-7-5-4-6-8(7)18-10(9)13/h3-6,13H2,1-2H3. The van der Waals surface area contributed by atoms with Crippen LogP contribution in [0, 0.1) is 0 Å². The molecular formula is C12H16N4OS. The Morgan fingerprint density at radius 2 is 2.28 bits per heavy atom. The molecule has 0 spiro atoms. The predicted molar refractivity (Wildman–Crippen MR) is 73.0 cm³/mol. The highest BCUT2D eigenvalue weighted by Gasteiger charge is 2.25. The zero-order chi connectivity index (χ0) is 12.7. The zero-order valence-electron chi connectivity index (χ0n) is 10.6. The molecule has 2 aromatic heterocycles. The van der Waals surface area contributed by atoms with Gasteiger partial charge >= 0.3 is 0 Å². The van der Waals surface area contributed by atoms with Crippen molar-refractivity contribution in [3.63, 3.8) is 0 Å². The number of anilines is 2. The highest BCUT2D eigenvalue weighted by atomic mass is 32.1. The second-order valence-electron chi connectivity index (χ2n) is 4.51. The Hall–Kier alpha value is -1.56. The molecule has 0 amide bonds. The van der Waals surface area contributed by atoms with Gasteiger partial charge in [-0.25, -0.2) is 0 Å². The van der Waals surface area contributed by atoms with Crippen LogP contribution in [0.5, 0.6) is 0 Å². The summed E-state index contributed by atoms with van der Waals surface area (Å²) in [4.78, 5) is 7.76. The van der Waals surface area contributed by atoms with E-state index in [0.717, 1.165) is 30.0 Å². The quantitative estimate of drug-likeness (QED) is 0.921. The lowest BCUT2D eigenvalue weighted by molar-refractivity contribution is 0.430. The number of nitrogens with two attached hydrogens (primary N) is 1. The maximum Gasteiger partial charge on any atom is 0.266 e. The number of hydrogen-bond donors (Lipinski definition) is 1. The van der Waals surface area contributed by atoms with E-state index in [1.165, 1.54) is 16.9 Å². The van der Waals surface area contributed by atoms with Crippen molar-refractivity contribution in [3.05, 3.63) is 10.4 Å². The van der Waals surface area contributed by atoms with E-state index in [0.29, 0.717) is 11.8 Å². The summed E-state index contributed by atoms with van der Waals surface area (Å²) in [5.41, 5.74) is 8.36. The number of nitrogen functional groups attached to an aromatic ring is 1. The normalized spacial score (nSPS) is 13.9. The fraction of sp³-hybridized carbons (Fsp3) is 0.500. The number of aryl methyl sites for hydroxylation is 1. The summed E-state index contributed by atoms with van der Waals surface area (Å²) in [6.45, 7) is 2.89. The van der Waals surface area contributed by atoms with E-state index >= 15 is 0 Å². The molecule has 0 aliphatic heterocycles. The van der Waals surface area contributed by atoms with Gasteiger partial charge in [0.25, 0.3) is 11.8 Å². The number of thiophene rings is 1. The molecule has 2 N–H and O–H groups in total. The van der Waals surface area contributed by atoms with Gasteiger partial charge in [-0.1, -0.05) is 0 Å². The first-order chi connectivity index (χ1) is 8.70. The summed E-state index contributed by atoms with van der Waals surface area (Å²) in [5, 5.41) is 4.80. The minimum absolute atomic E-state index is 0.558. The van der Waals surface area contributed by atoms with Gasteiger partial charge in [-0.15, -0.1) is 11.3 Å². The van der Waals surface area contributed by atoms with E-state index in [4.69, 9.17) is 10.3 Å². The third-order valence-corrected chi connectivity index (χ3v) is 4.51. The van der Waals surface area contributed by atoms with Crippen LogP contribution in [0.1, 0.15) is 23.8 Å². The van der Waals surface area contributed by atoms with Crippen LogP contribution >= 0.6 is 11.3 Å². The molecule has 18 heavy (non-hydrogen) atoms. The van der Waals surface area contributed by atoms with Crippen molar-refractivity contribution in [3.8, 4) is 11.5 Å². The summed E-state index contributed by atoms with van der Waals surface area (Å²) < 4.78 is 5.36. The third kappa shape index (κ3) is 1.68. The zero-order valence-corrected chi connectivity index (χ0v) is 11.4. The smallest absolute Gasteiger partial charge is 0.266 e. The lowest BCUT2D eigenvalue weighted by Gasteiger charge is -2.08. The summed E-state index contributed by atoms with van der Waals surface area (Å²) >= 11 is 1.66. The van der Waals surface area contributed by atoms with Crippen LogP contribution in [0.25, 0.3) is 11.5 Å². The van der Waals surface area contributed by atoms with Crippen molar-refractivity contribution in [1.82, 2.24) is 10.1 Å². The van der Waals surface area contributed by atoms with E-state index in [9.17, 15) is 0 Å². The van der Waals surface area contributed by atoms with Crippen molar-refractivity contribution in [2.24, 2.45) is 0 Å². The van der Waals surface area contributed by atoms with Gasteiger partial charge in [-0.2, -0.15) is 4.98 Å². The first-order valence-electron chi connectivity index (χ1n) is 6.16. The monoisotopic (exact) mass is 264 g/mol. The molecule has 0 bridgehead atoms. The molecule has 0 radical (unpaired) electrons. The lowest BCUT2D eigenvalue weighted by atomic mass is 10.1. The molecule has 2 aromatic rings. The third-order valence-electron chi connectivity index (χ3n) is 3.39. The van der Waals surface area contributed by atoms with E-state index in [1.54, 1.807) is 11.3 Å². The average molecular weight is 264 g/mol. The minimum atomic E-state index is 0.558. The number of nitrogens with zero attached hydrogens (tertiary/aromatic N) is 3. The SMILES string of the molecule is CCN(C)c1noc(-c2c(N)sc3c2CCC3)n1. The molecule has 0 atom stereocenters. The molecule has 5 nitrogen and oxygen atoms in total. The van der Waals surface area contributed by atoms with Crippen molar-refractivity contribution < 1.29 is 4.52 Å². The summed E-state index contributed by atoms with van der Waals surface area (Å²) in [6.07, 6.45) is 3.39. The van der Waals surface area contributed by atoms with Crippen molar-refractivity contribution in [1.29, 1.82) is 0 Å². The molecule has 1 aliphatic carbocycles. The Bertz CT molecular complexity index is 575. The molecule has 0 saturated heterocycles. The fourth-order valence-corrected chi connectivity index (χ4v) is 3.43. The highest BCUT2D eigenvalue weighted by molar-refractivity contribution is 7.16. The number of rotatable bonds is 3. The van der Waals surface area contributed by atoms with E-state index in [2.05, 4.69) is 10.1 Å². The Balaban J connectivity index is 2.02. The molecule has 3 rings (SSSR count). The van der Waals surface area contributed by atoms with Crippen molar-refractivity contribution in [2.45, 2.75) is 26.2 Å². The van der Waals surface area contributed by atoms with Crippen LogP contribution in [0.2, 0.25) is 0 Å². The Morgan fingerprint density at radius 1 is 1.44 bits per heavy atom. The second kappa shape index (κ2) is 4.28. The molecule has 2 heterocycles. The van der Waals surface area contributed by atoms with Gasteiger partial charge in [-0.05, 0) is 36.9 Å². The molecule has 6 heteroatoms. The minimum Gasteiger partial charge on any atom is -0.390 e. The first-order valence-corrected chi connectivity index (χ1v) is 6.97. The van der Waals surface area contributed by atoms with Crippen molar-refractivity contribution >= 4 is 22.3 Å². The summed E-state index contributed by atoms with van der Waals surface area (Å²) in [5.74, 6) is 1.17. The van der Waals surface area contributed by atoms with Crippen LogP contribution < -0.4 is 10.6 Å². The fourth-order valence-electron chi connectivity index (χ4n) is 2.27. The number of fused-ring (bicyclic) bond motifs is 1. The molecule has 0 fully saturated rings. The second-order valence-corrected chi connectivity index (χ2v) is 5.65. The van der Waals surface area contributed by atoms with Gasteiger partial charge < -0.3 is 15.2 Å². The van der Waals surface area contributed by atoms with Gasteiger partial charge in [0, 0.05) is 18.5 Å². The topological polar surface area (TPSA) is 68.2 Å². The van der Waals surface area contributed by atoms with Crippen LogP contribution in [-0.4, -0.2) is 23.7 Å². The Kier molecular flexibility index (Phi) is 2.74. The Morgan fingerprint density at radius 3 is 3.06 bits per heavy atom. The van der Waals surface area contributed by atoms with Gasteiger partial charge in [-0.3, -0.25) is 0 Å². The van der Waals surface area contributed by atoms with Crippen LogP contribution in [-0.2, 0) is 12.8 Å².